The Morgan fingerprint density at radius 3 is 2.48 bits per heavy atom. The van der Waals surface area contributed by atoms with Crippen molar-refractivity contribution < 1.29 is 19.1 Å². The van der Waals surface area contributed by atoms with Crippen molar-refractivity contribution in [3.8, 4) is 5.75 Å². The van der Waals surface area contributed by atoms with Gasteiger partial charge in [-0.1, -0.05) is 24.3 Å². The molecular weight excluding hydrogens is 270 g/mol. The number of fused-ring (bicyclic) bond motifs is 1. The Morgan fingerprint density at radius 1 is 1.05 bits per heavy atom. The predicted octanol–water partition coefficient (Wildman–Crippen LogP) is 1.68. The van der Waals surface area contributed by atoms with E-state index < -0.39 is 5.97 Å². The number of hydrogen-bond acceptors (Lipinski definition) is 4. The van der Waals surface area contributed by atoms with Crippen LogP contribution in [-0.4, -0.2) is 32.6 Å². The molecule has 0 spiro atoms. The summed E-state index contributed by atoms with van der Waals surface area (Å²) in [6, 6.07) is 11.6. The van der Waals surface area contributed by atoms with Gasteiger partial charge in [0.2, 0.25) is 5.91 Å². The Morgan fingerprint density at radius 2 is 1.76 bits per heavy atom. The Hall–Kier alpha value is -2.56. The van der Waals surface area contributed by atoms with Crippen molar-refractivity contribution in [3.63, 3.8) is 0 Å². The van der Waals surface area contributed by atoms with Crippen LogP contribution in [0.15, 0.2) is 36.4 Å². The van der Waals surface area contributed by atoms with Gasteiger partial charge in [-0.25, -0.2) is 0 Å². The predicted molar refractivity (Wildman–Crippen MR) is 79.2 cm³/mol. The number of ether oxygens (including phenoxy) is 2. The number of hydrogen-bond donors (Lipinski definition) is 1. The normalized spacial score (nSPS) is 10.2. The van der Waals surface area contributed by atoms with Crippen molar-refractivity contribution in [1.82, 2.24) is 5.32 Å². The zero-order chi connectivity index (χ0) is 15.2. The molecule has 0 radical (unpaired) electrons. The molecule has 0 atom stereocenters. The van der Waals surface area contributed by atoms with E-state index in [1.165, 1.54) is 7.11 Å². The molecule has 0 aliphatic rings. The minimum absolute atomic E-state index is 0.111. The van der Waals surface area contributed by atoms with Crippen LogP contribution < -0.4 is 10.1 Å². The van der Waals surface area contributed by atoms with E-state index in [0.29, 0.717) is 0 Å². The highest BCUT2D eigenvalue weighted by Gasteiger charge is 2.07. The lowest BCUT2D eigenvalue weighted by atomic mass is 10.0. The summed E-state index contributed by atoms with van der Waals surface area (Å²) in [5.41, 5.74) is 0.884. The molecule has 2 aromatic carbocycles. The zero-order valence-corrected chi connectivity index (χ0v) is 12.0. The van der Waals surface area contributed by atoms with E-state index in [1.807, 2.05) is 36.4 Å². The number of benzene rings is 2. The van der Waals surface area contributed by atoms with Crippen LogP contribution in [0.3, 0.4) is 0 Å². The van der Waals surface area contributed by atoms with Crippen LogP contribution in [0.1, 0.15) is 5.56 Å². The monoisotopic (exact) mass is 287 g/mol. The molecule has 110 valence electrons. The fraction of sp³-hybridized carbons (Fsp3) is 0.250. The topological polar surface area (TPSA) is 64.6 Å². The summed E-state index contributed by atoms with van der Waals surface area (Å²) in [5.74, 6) is 0.119. The average molecular weight is 287 g/mol. The van der Waals surface area contributed by atoms with Gasteiger partial charge >= 0.3 is 5.97 Å². The molecule has 21 heavy (non-hydrogen) atoms. The summed E-state index contributed by atoms with van der Waals surface area (Å²) >= 11 is 0. The minimum Gasteiger partial charge on any atom is -0.497 e. The summed E-state index contributed by atoms with van der Waals surface area (Å²) in [6.07, 6.45) is 0.221. The standard InChI is InChI=1S/C16H17NO4/c1-20-14-6-5-12-7-11(3-4-13(12)9-14)8-15(18)17-10-16(19)21-2/h3-7,9H,8,10H2,1-2H3,(H,17,18). The number of carbonyl (C=O) groups excluding carboxylic acids is 2. The van der Waals surface area contributed by atoms with E-state index in [1.54, 1.807) is 7.11 Å². The third kappa shape index (κ3) is 3.95. The molecule has 0 saturated carbocycles. The molecule has 5 heteroatoms. The quantitative estimate of drug-likeness (QED) is 0.850. The largest absolute Gasteiger partial charge is 0.497 e. The highest BCUT2D eigenvalue weighted by molar-refractivity contribution is 5.87. The van der Waals surface area contributed by atoms with Crippen molar-refractivity contribution in [1.29, 1.82) is 0 Å². The molecule has 5 nitrogen and oxygen atoms in total. The Balaban J connectivity index is 2.05. The van der Waals surface area contributed by atoms with Gasteiger partial charge in [-0.3, -0.25) is 9.59 Å². The maximum atomic E-state index is 11.7. The molecule has 0 heterocycles. The van der Waals surface area contributed by atoms with E-state index in [9.17, 15) is 9.59 Å². The second kappa shape index (κ2) is 6.74. The molecule has 2 rings (SSSR count). The minimum atomic E-state index is -0.464. The smallest absolute Gasteiger partial charge is 0.325 e. The van der Waals surface area contributed by atoms with E-state index in [2.05, 4.69) is 10.1 Å². The molecule has 0 unspecified atom stereocenters. The van der Waals surface area contributed by atoms with E-state index in [4.69, 9.17) is 4.74 Å². The average Bonchev–Trinajstić information content (AvgIpc) is 2.52. The van der Waals surface area contributed by atoms with E-state index >= 15 is 0 Å². The van der Waals surface area contributed by atoms with Gasteiger partial charge in [-0.05, 0) is 28.5 Å². The lowest BCUT2D eigenvalue weighted by molar-refractivity contribution is -0.141. The van der Waals surface area contributed by atoms with Gasteiger partial charge in [-0.2, -0.15) is 0 Å². The van der Waals surface area contributed by atoms with Crippen molar-refractivity contribution in [2.75, 3.05) is 20.8 Å². The number of rotatable bonds is 5. The van der Waals surface area contributed by atoms with Gasteiger partial charge in [0.05, 0.1) is 20.6 Å². The van der Waals surface area contributed by atoms with Crippen molar-refractivity contribution in [2.45, 2.75) is 6.42 Å². The molecule has 2 aromatic rings. The maximum absolute atomic E-state index is 11.7. The van der Waals surface area contributed by atoms with E-state index in [-0.39, 0.29) is 18.9 Å². The Kier molecular flexibility index (Phi) is 4.77. The second-order valence-corrected chi connectivity index (χ2v) is 4.58. The fourth-order valence-electron chi connectivity index (χ4n) is 2.00. The van der Waals surface area contributed by atoms with Gasteiger partial charge in [0.1, 0.15) is 12.3 Å². The maximum Gasteiger partial charge on any atom is 0.325 e. The first-order valence-electron chi connectivity index (χ1n) is 6.52. The third-order valence-electron chi connectivity index (χ3n) is 3.13. The van der Waals surface area contributed by atoms with Gasteiger partial charge in [-0.15, -0.1) is 0 Å². The number of amides is 1. The lowest BCUT2D eigenvalue weighted by Gasteiger charge is -2.06. The van der Waals surface area contributed by atoms with Gasteiger partial charge in [0, 0.05) is 0 Å². The van der Waals surface area contributed by atoms with Crippen molar-refractivity contribution >= 4 is 22.6 Å². The van der Waals surface area contributed by atoms with Crippen molar-refractivity contribution in [3.05, 3.63) is 42.0 Å². The van der Waals surface area contributed by atoms with Crippen molar-refractivity contribution in [2.24, 2.45) is 0 Å². The van der Waals surface area contributed by atoms with E-state index in [0.717, 1.165) is 22.1 Å². The van der Waals surface area contributed by atoms with Crippen LogP contribution in [-0.2, 0) is 20.7 Å². The molecule has 0 aliphatic heterocycles. The first kappa shape index (κ1) is 14.8. The molecule has 0 aliphatic carbocycles. The van der Waals surface area contributed by atoms with Gasteiger partial charge in [0.25, 0.3) is 0 Å². The summed E-state index contributed by atoms with van der Waals surface area (Å²) in [6.45, 7) is -0.111. The summed E-state index contributed by atoms with van der Waals surface area (Å²) < 4.78 is 9.64. The highest BCUT2D eigenvalue weighted by Crippen LogP contribution is 2.22. The van der Waals surface area contributed by atoms with Crippen LogP contribution in [0.2, 0.25) is 0 Å². The zero-order valence-electron chi connectivity index (χ0n) is 12.0. The number of methoxy groups -OCH3 is 2. The molecule has 0 fully saturated rings. The van der Waals surface area contributed by atoms with Crippen LogP contribution in [0.25, 0.3) is 10.8 Å². The number of carbonyl (C=O) groups is 2. The van der Waals surface area contributed by atoms with Crippen LogP contribution in [0.4, 0.5) is 0 Å². The molecular formula is C16H17NO4. The molecule has 0 saturated heterocycles. The summed E-state index contributed by atoms with van der Waals surface area (Å²) in [4.78, 5) is 22.7. The first-order valence-corrected chi connectivity index (χ1v) is 6.52. The molecule has 1 N–H and O–H groups in total. The first-order chi connectivity index (χ1) is 10.1. The Labute approximate surface area is 122 Å². The number of esters is 1. The molecule has 1 amide bonds. The van der Waals surface area contributed by atoms with Crippen LogP contribution in [0, 0.1) is 0 Å². The highest BCUT2D eigenvalue weighted by atomic mass is 16.5. The van der Waals surface area contributed by atoms with Gasteiger partial charge in [0.15, 0.2) is 0 Å². The molecule has 0 aromatic heterocycles. The number of nitrogens with one attached hydrogen (secondary N) is 1. The molecule has 0 bridgehead atoms. The summed E-state index contributed by atoms with van der Waals surface area (Å²) in [7, 11) is 2.91. The third-order valence-corrected chi connectivity index (χ3v) is 3.13. The lowest BCUT2D eigenvalue weighted by Crippen LogP contribution is -2.31. The summed E-state index contributed by atoms with van der Waals surface area (Å²) in [5, 5.41) is 4.60. The fourth-order valence-corrected chi connectivity index (χ4v) is 2.00. The second-order valence-electron chi connectivity index (χ2n) is 4.58. The van der Waals surface area contributed by atoms with Crippen LogP contribution in [0.5, 0.6) is 5.75 Å². The van der Waals surface area contributed by atoms with Crippen LogP contribution >= 0.6 is 0 Å². The Bertz CT molecular complexity index is 666. The SMILES string of the molecule is COC(=O)CNC(=O)Cc1ccc2cc(OC)ccc2c1. The van der Waals surface area contributed by atoms with Gasteiger partial charge < -0.3 is 14.8 Å².